The van der Waals surface area contributed by atoms with Crippen molar-refractivity contribution >= 4 is 17.8 Å². The maximum atomic E-state index is 13.2. The van der Waals surface area contributed by atoms with E-state index in [2.05, 4.69) is 22.5 Å². The van der Waals surface area contributed by atoms with Gasteiger partial charge in [-0.25, -0.2) is 4.79 Å². The van der Waals surface area contributed by atoms with E-state index in [1.165, 1.54) is 0 Å². The van der Waals surface area contributed by atoms with Crippen molar-refractivity contribution in [2.24, 2.45) is 0 Å². The summed E-state index contributed by atoms with van der Waals surface area (Å²) in [6.07, 6.45) is 5.70. The summed E-state index contributed by atoms with van der Waals surface area (Å²) in [6.45, 7) is 9.84. The molecule has 1 aromatic rings. The molecule has 32 heavy (non-hydrogen) atoms. The molecule has 0 saturated carbocycles. The monoisotopic (exact) mass is 443 g/mol. The van der Waals surface area contributed by atoms with Crippen molar-refractivity contribution in [1.82, 2.24) is 16.0 Å². The van der Waals surface area contributed by atoms with E-state index in [9.17, 15) is 14.4 Å². The Balaban J connectivity index is 2.14. The first-order chi connectivity index (χ1) is 15.2. The fourth-order valence-electron chi connectivity index (χ4n) is 3.59. The Morgan fingerprint density at radius 2 is 1.88 bits per heavy atom. The van der Waals surface area contributed by atoms with Crippen molar-refractivity contribution in [3.63, 3.8) is 0 Å². The number of benzene rings is 1. The second-order valence-electron chi connectivity index (χ2n) is 9.21. The Morgan fingerprint density at radius 1 is 1.16 bits per heavy atom. The van der Waals surface area contributed by atoms with Crippen LogP contribution < -0.4 is 16.0 Å². The van der Waals surface area contributed by atoms with Crippen LogP contribution in [0.1, 0.15) is 58.4 Å². The van der Waals surface area contributed by atoms with Crippen LogP contribution >= 0.6 is 0 Å². The van der Waals surface area contributed by atoms with Gasteiger partial charge in [-0.2, -0.15) is 0 Å². The highest BCUT2D eigenvalue weighted by Crippen LogP contribution is 2.13. The van der Waals surface area contributed by atoms with Crippen molar-refractivity contribution in [3.8, 4) is 0 Å². The zero-order chi connectivity index (χ0) is 23.6. The number of hydrogen-bond acceptors (Lipinski definition) is 5. The number of carbonyl (C=O) groups excluding carboxylic acids is 3. The molecule has 0 aromatic heterocycles. The van der Waals surface area contributed by atoms with Crippen LogP contribution in [0.3, 0.4) is 0 Å². The number of rotatable bonds is 10. The molecule has 1 aromatic carbocycles. The van der Waals surface area contributed by atoms with Gasteiger partial charge < -0.3 is 20.7 Å². The summed E-state index contributed by atoms with van der Waals surface area (Å²) in [6, 6.07) is 7.58. The second-order valence-corrected chi connectivity index (χ2v) is 9.21. The molecule has 1 aliphatic rings. The molecular weight excluding hydrogens is 406 g/mol. The molecule has 0 aliphatic carbocycles. The van der Waals surface area contributed by atoms with E-state index in [1.807, 2.05) is 30.3 Å². The number of allylic oxidation sites excluding steroid dienone is 1. The van der Waals surface area contributed by atoms with Crippen molar-refractivity contribution in [1.29, 1.82) is 0 Å². The van der Waals surface area contributed by atoms with E-state index in [-0.39, 0.29) is 11.9 Å². The number of piperidine rings is 1. The minimum absolute atomic E-state index is 0.194. The molecule has 176 valence electrons. The third kappa shape index (κ3) is 8.83. The largest absolute Gasteiger partial charge is 0.458 e. The van der Waals surface area contributed by atoms with E-state index in [0.29, 0.717) is 19.3 Å². The van der Waals surface area contributed by atoms with Gasteiger partial charge in [-0.1, -0.05) is 42.8 Å². The van der Waals surface area contributed by atoms with Gasteiger partial charge in [0, 0.05) is 6.42 Å². The first-order valence-electron chi connectivity index (χ1n) is 11.4. The molecule has 1 fully saturated rings. The molecule has 0 spiro atoms. The normalized spacial score (nSPS) is 18.2. The summed E-state index contributed by atoms with van der Waals surface area (Å²) in [5, 5.41) is 8.92. The average molecular weight is 444 g/mol. The van der Waals surface area contributed by atoms with Crippen LogP contribution in [0.2, 0.25) is 0 Å². The molecular formula is C25H37N3O4. The topological polar surface area (TPSA) is 96.5 Å². The minimum Gasteiger partial charge on any atom is -0.458 e. The zero-order valence-electron chi connectivity index (χ0n) is 19.5. The van der Waals surface area contributed by atoms with Crippen molar-refractivity contribution < 1.29 is 19.1 Å². The molecule has 0 radical (unpaired) electrons. The van der Waals surface area contributed by atoms with Crippen LogP contribution in [0.15, 0.2) is 43.0 Å². The second kappa shape index (κ2) is 12.4. The van der Waals surface area contributed by atoms with E-state index in [0.717, 1.165) is 31.4 Å². The summed E-state index contributed by atoms with van der Waals surface area (Å²) in [4.78, 5) is 38.7. The Morgan fingerprint density at radius 3 is 2.47 bits per heavy atom. The predicted molar refractivity (Wildman–Crippen MR) is 125 cm³/mol. The first-order valence-corrected chi connectivity index (χ1v) is 11.4. The fourth-order valence-corrected chi connectivity index (χ4v) is 3.59. The lowest BCUT2D eigenvalue weighted by Crippen LogP contribution is -2.56. The molecule has 3 N–H and O–H groups in total. The zero-order valence-corrected chi connectivity index (χ0v) is 19.5. The maximum absolute atomic E-state index is 13.2. The highest BCUT2D eigenvalue weighted by Gasteiger charge is 2.31. The van der Waals surface area contributed by atoms with Gasteiger partial charge in [-0.15, -0.1) is 6.58 Å². The number of nitrogens with one attached hydrogen (secondary N) is 3. The molecule has 2 rings (SSSR count). The fraction of sp³-hybridized carbons (Fsp3) is 0.560. The van der Waals surface area contributed by atoms with Gasteiger partial charge in [-0.05, 0) is 58.6 Å². The Hall–Kier alpha value is -2.67. The number of hydrogen-bond donors (Lipinski definition) is 3. The number of esters is 1. The van der Waals surface area contributed by atoms with Crippen molar-refractivity contribution in [2.75, 3.05) is 6.54 Å². The molecule has 0 unspecified atom stereocenters. The van der Waals surface area contributed by atoms with Gasteiger partial charge in [-0.3, -0.25) is 9.59 Å². The standard InChI is InChI=1S/C25H37N3O4/c1-5-6-14-20(24(31)32-25(2,3)4)27-23(30)21(17-18-12-8-7-9-13-18)28-22(29)19-15-10-11-16-26-19/h5,7-9,12-13,19-21,26H,1,6,10-11,14-17H2,2-4H3,(H,27,30)(H,28,29)/t19-,20-,21-/m0/s1. The van der Waals surface area contributed by atoms with Crippen LogP contribution in [-0.2, 0) is 25.5 Å². The van der Waals surface area contributed by atoms with Crippen LogP contribution in [0, 0.1) is 0 Å². The SMILES string of the molecule is C=CCC[C@H](NC(=O)[C@H](Cc1ccccc1)NC(=O)[C@@H]1CCCCN1)C(=O)OC(C)(C)C. The molecule has 1 heterocycles. The maximum Gasteiger partial charge on any atom is 0.329 e. The van der Waals surface area contributed by atoms with E-state index in [4.69, 9.17) is 4.74 Å². The lowest BCUT2D eigenvalue weighted by Gasteiger charge is -2.28. The van der Waals surface area contributed by atoms with Crippen LogP contribution in [0.4, 0.5) is 0 Å². The van der Waals surface area contributed by atoms with E-state index < -0.39 is 29.6 Å². The van der Waals surface area contributed by atoms with Gasteiger partial charge in [0.05, 0.1) is 6.04 Å². The highest BCUT2D eigenvalue weighted by atomic mass is 16.6. The molecule has 7 heteroatoms. The van der Waals surface area contributed by atoms with Crippen LogP contribution in [-0.4, -0.2) is 48.1 Å². The molecule has 3 atom stereocenters. The quantitative estimate of drug-likeness (QED) is 0.382. The summed E-state index contributed by atoms with van der Waals surface area (Å²) in [5.74, 6) is -1.09. The lowest BCUT2D eigenvalue weighted by atomic mass is 10.0. The average Bonchev–Trinajstić information content (AvgIpc) is 2.76. The Kier molecular flexibility index (Phi) is 9.91. The Labute approximate surface area is 191 Å². The summed E-state index contributed by atoms with van der Waals surface area (Å²) < 4.78 is 5.49. The smallest absolute Gasteiger partial charge is 0.329 e. The Bertz CT molecular complexity index is 767. The summed E-state index contributed by atoms with van der Waals surface area (Å²) in [7, 11) is 0. The summed E-state index contributed by atoms with van der Waals surface area (Å²) in [5.41, 5.74) is 0.253. The lowest BCUT2D eigenvalue weighted by molar-refractivity contribution is -0.159. The van der Waals surface area contributed by atoms with Crippen LogP contribution in [0.25, 0.3) is 0 Å². The molecule has 7 nitrogen and oxygen atoms in total. The first kappa shape index (κ1) is 25.6. The van der Waals surface area contributed by atoms with Gasteiger partial charge in [0.2, 0.25) is 11.8 Å². The third-order valence-electron chi connectivity index (χ3n) is 5.21. The molecule has 2 amide bonds. The van der Waals surface area contributed by atoms with Gasteiger partial charge in [0.25, 0.3) is 0 Å². The van der Waals surface area contributed by atoms with Crippen molar-refractivity contribution in [2.45, 2.75) is 83.0 Å². The number of amides is 2. The molecule has 0 bridgehead atoms. The molecule has 1 aliphatic heterocycles. The number of carbonyl (C=O) groups is 3. The minimum atomic E-state index is -0.817. The highest BCUT2D eigenvalue weighted by molar-refractivity contribution is 5.92. The van der Waals surface area contributed by atoms with Gasteiger partial charge in [0.15, 0.2) is 0 Å². The molecule has 1 saturated heterocycles. The third-order valence-corrected chi connectivity index (χ3v) is 5.21. The number of ether oxygens (including phenoxy) is 1. The van der Waals surface area contributed by atoms with Gasteiger partial charge >= 0.3 is 5.97 Å². The summed E-state index contributed by atoms with van der Waals surface area (Å²) >= 11 is 0. The van der Waals surface area contributed by atoms with Gasteiger partial charge in [0.1, 0.15) is 17.7 Å². The van der Waals surface area contributed by atoms with E-state index >= 15 is 0 Å². The van der Waals surface area contributed by atoms with E-state index in [1.54, 1.807) is 26.8 Å². The van der Waals surface area contributed by atoms with Crippen molar-refractivity contribution in [3.05, 3.63) is 48.6 Å². The predicted octanol–water partition coefficient (Wildman–Crippen LogP) is 2.65. The van der Waals surface area contributed by atoms with Crippen LogP contribution in [0.5, 0.6) is 0 Å².